The van der Waals surface area contributed by atoms with Crippen LogP contribution in [0, 0.1) is 0 Å². The lowest BCUT2D eigenvalue weighted by atomic mass is 9.81. The molecular formula is C17H24N4O3. The number of amides is 3. The molecule has 3 amide bonds. The highest BCUT2D eigenvalue weighted by molar-refractivity contribution is 5.89. The van der Waals surface area contributed by atoms with Gasteiger partial charge in [-0.1, -0.05) is 19.1 Å². The normalized spacial score (nSPS) is 25.3. The Morgan fingerprint density at radius 3 is 2.75 bits per heavy atom. The summed E-state index contributed by atoms with van der Waals surface area (Å²) < 4.78 is 0. The largest absolute Gasteiger partial charge is 0.465 e. The number of urea groups is 1. The van der Waals surface area contributed by atoms with Crippen LogP contribution in [0.4, 0.5) is 15.3 Å². The second-order valence-electron chi connectivity index (χ2n) is 6.91. The van der Waals surface area contributed by atoms with E-state index < -0.39 is 12.1 Å². The van der Waals surface area contributed by atoms with Crippen LogP contribution in [-0.4, -0.2) is 60.9 Å². The monoisotopic (exact) mass is 332 g/mol. The van der Waals surface area contributed by atoms with Crippen molar-refractivity contribution in [2.75, 3.05) is 32.6 Å². The van der Waals surface area contributed by atoms with Crippen molar-refractivity contribution >= 4 is 17.8 Å². The molecule has 1 saturated heterocycles. The van der Waals surface area contributed by atoms with Gasteiger partial charge in [0.05, 0.1) is 12.7 Å². The molecule has 0 bridgehead atoms. The van der Waals surface area contributed by atoms with Crippen LogP contribution in [0.3, 0.4) is 0 Å². The van der Waals surface area contributed by atoms with Crippen molar-refractivity contribution in [3.63, 3.8) is 0 Å². The number of benzene rings is 1. The van der Waals surface area contributed by atoms with Crippen molar-refractivity contribution in [2.45, 2.75) is 31.5 Å². The highest BCUT2D eigenvalue weighted by atomic mass is 16.4. The van der Waals surface area contributed by atoms with Crippen molar-refractivity contribution < 1.29 is 14.7 Å². The standard InChI is InChI=1S/C17H24N4O3/c1-17-7-8-19(3)14(17)20(4)13-6-5-11(9-12(13)17)10-21(16(23)24)15(22)18-2/h5-6,9,14H,7-8,10H2,1-4H3,(H,18,22)(H,23,24)/t14-,17+/m1/s1. The molecule has 130 valence electrons. The highest BCUT2D eigenvalue weighted by Crippen LogP contribution is 2.51. The molecule has 2 N–H and O–H groups in total. The molecule has 24 heavy (non-hydrogen) atoms. The smallest absolute Gasteiger partial charge is 0.415 e. The molecule has 0 aliphatic carbocycles. The number of imide groups is 1. The molecule has 0 aromatic heterocycles. The number of likely N-dealkylation sites (N-methyl/N-ethyl adjacent to an activating group) is 2. The molecule has 1 fully saturated rings. The molecule has 0 saturated carbocycles. The van der Waals surface area contributed by atoms with E-state index in [1.807, 2.05) is 12.1 Å². The van der Waals surface area contributed by atoms with Crippen LogP contribution in [0.2, 0.25) is 0 Å². The molecule has 2 aliphatic heterocycles. The number of rotatable bonds is 2. The number of fused-ring (bicyclic) bond motifs is 3. The number of carboxylic acid groups (broad SMARTS) is 1. The minimum absolute atomic E-state index is 0.0237. The van der Waals surface area contributed by atoms with E-state index in [2.05, 4.69) is 42.2 Å². The van der Waals surface area contributed by atoms with Crippen LogP contribution in [0.1, 0.15) is 24.5 Å². The number of anilines is 1. The maximum atomic E-state index is 11.8. The molecule has 0 unspecified atom stereocenters. The second-order valence-corrected chi connectivity index (χ2v) is 6.91. The Morgan fingerprint density at radius 2 is 2.12 bits per heavy atom. The van der Waals surface area contributed by atoms with Crippen LogP contribution in [0.15, 0.2) is 18.2 Å². The number of carbonyl (C=O) groups is 2. The van der Waals surface area contributed by atoms with Gasteiger partial charge in [-0.25, -0.2) is 14.5 Å². The summed E-state index contributed by atoms with van der Waals surface area (Å²) in [5.74, 6) is 0. The summed E-state index contributed by atoms with van der Waals surface area (Å²) >= 11 is 0. The summed E-state index contributed by atoms with van der Waals surface area (Å²) in [6.07, 6.45) is 0.126. The zero-order valence-corrected chi connectivity index (χ0v) is 14.5. The lowest BCUT2D eigenvalue weighted by Gasteiger charge is -2.32. The SMILES string of the molecule is CNC(=O)N(Cc1ccc2c(c1)[C@]1(C)CCN(C)[C@@H]1N2C)C(=O)O. The molecule has 2 aliphatic rings. The van der Waals surface area contributed by atoms with E-state index >= 15 is 0 Å². The van der Waals surface area contributed by atoms with E-state index in [4.69, 9.17) is 0 Å². The molecule has 2 heterocycles. The maximum absolute atomic E-state index is 11.8. The summed E-state index contributed by atoms with van der Waals surface area (Å²) in [6, 6.07) is 5.37. The van der Waals surface area contributed by atoms with Crippen molar-refractivity contribution in [3.05, 3.63) is 29.3 Å². The lowest BCUT2D eigenvalue weighted by molar-refractivity contribution is 0.146. The first-order valence-electron chi connectivity index (χ1n) is 8.08. The fourth-order valence-electron chi connectivity index (χ4n) is 4.27. The number of carbonyl (C=O) groups excluding carboxylic acids is 1. The predicted molar refractivity (Wildman–Crippen MR) is 91.3 cm³/mol. The van der Waals surface area contributed by atoms with Gasteiger partial charge < -0.3 is 15.3 Å². The third-order valence-electron chi connectivity index (χ3n) is 5.42. The van der Waals surface area contributed by atoms with Crippen molar-refractivity contribution in [1.82, 2.24) is 15.1 Å². The fraction of sp³-hybridized carbons (Fsp3) is 0.529. The average molecular weight is 332 g/mol. The molecule has 1 aromatic carbocycles. The van der Waals surface area contributed by atoms with Gasteiger partial charge in [-0.3, -0.25) is 4.90 Å². The second kappa shape index (κ2) is 5.66. The number of nitrogens with one attached hydrogen (secondary N) is 1. The molecular weight excluding hydrogens is 308 g/mol. The van der Waals surface area contributed by atoms with Gasteiger partial charge in [-0.05, 0) is 30.7 Å². The third-order valence-corrected chi connectivity index (χ3v) is 5.42. The lowest BCUT2D eigenvalue weighted by Crippen LogP contribution is -2.45. The maximum Gasteiger partial charge on any atom is 0.415 e. The van der Waals surface area contributed by atoms with Crippen LogP contribution in [0.25, 0.3) is 0 Å². The average Bonchev–Trinajstić information content (AvgIpc) is 2.97. The Hall–Kier alpha value is -2.28. The van der Waals surface area contributed by atoms with E-state index in [9.17, 15) is 14.7 Å². The van der Waals surface area contributed by atoms with Gasteiger partial charge in [0.2, 0.25) is 0 Å². The molecule has 1 aromatic rings. The van der Waals surface area contributed by atoms with Crippen molar-refractivity contribution in [1.29, 1.82) is 0 Å². The van der Waals surface area contributed by atoms with Crippen LogP contribution < -0.4 is 10.2 Å². The first kappa shape index (κ1) is 16.6. The zero-order chi connectivity index (χ0) is 17.6. The molecule has 7 nitrogen and oxygen atoms in total. The van der Waals surface area contributed by atoms with Crippen LogP contribution >= 0.6 is 0 Å². The molecule has 7 heteroatoms. The third kappa shape index (κ3) is 2.31. The van der Waals surface area contributed by atoms with Gasteiger partial charge >= 0.3 is 12.1 Å². The van der Waals surface area contributed by atoms with E-state index in [0.29, 0.717) is 6.17 Å². The molecule has 0 spiro atoms. The van der Waals surface area contributed by atoms with Gasteiger partial charge in [0, 0.05) is 31.7 Å². The minimum Gasteiger partial charge on any atom is -0.465 e. The van der Waals surface area contributed by atoms with Crippen molar-refractivity contribution in [3.8, 4) is 0 Å². The Balaban J connectivity index is 1.94. The highest BCUT2D eigenvalue weighted by Gasteiger charge is 2.52. The zero-order valence-electron chi connectivity index (χ0n) is 14.5. The summed E-state index contributed by atoms with van der Waals surface area (Å²) in [7, 11) is 5.66. The number of hydrogen-bond donors (Lipinski definition) is 2. The first-order chi connectivity index (χ1) is 11.3. The number of nitrogens with zero attached hydrogens (tertiary/aromatic N) is 3. The van der Waals surface area contributed by atoms with Gasteiger partial charge in [-0.15, -0.1) is 0 Å². The molecule has 0 radical (unpaired) electrons. The van der Waals surface area contributed by atoms with Crippen LogP contribution in [-0.2, 0) is 12.0 Å². The molecule has 2 atom stereocenters. The summed E-state index contributed by atoms with van der Waals surface area (Å²) in [5.41, 5.74) is 3.26. The van der Waals surface area contributed by atoms with E-state index in [1.165, 1.54) is 18.3 Å². The quantitative estimate of drug-likeness (QED) is 0.865. The molecule has 3 rings (SSSR count). The van der Waals surface area contributed by atoms with E-state index in [1.54, 1.807) is 0 Å². The summed E-state index contributed by atoms with van der Waals surface area (Å²) in [5, 5.41) is 11.6. The van der Waals surface area contributed by atoms with E-state index in [0.717, 1.165) is 23.4 Å². The first-order valence-corrected chi connectivity index (χ1v) is 8.08. The number of likely N-dealkylation sites (tertiary alicyclic amines) is 1. The minimum atomic E-state index is -1.25. The Morgan fingerprint density at radius 1 is 1.42 bits per heavy atom. The number of hydrogen-bond acceptors (Lipinski definition) is 4. The predicted octanol–water partition coefficient (Wildman–Crippen LogP) is 1.88. The van der Waals surface area contributed by atoms with Gasteiger partial charge in [0.25, 0.3) is 0 Å². The van der Waals surface area contributed by atoms with Gasteiger partial charge in [-0.2, -0.15) is 0 Å². The van der Waals surface area contributed by atoms with Crippen molar-refractivity contribution in [2.24, 2.45) is 0 Å². The Kier molecular flexibility index (Phi) is 3.91. The van der Waals surface area contributed by atoms with Gasteiger partial charge in [0.1, 0.15) is 0 Å². The van der Waals surface area contributed by atoms with Gasteiger partial charge in [0.15, 0.2) is 0 Å². The fourth-order valence-corrected chi connectivity index (χ4v) is 4.27. The Labute approximate surface area is 141 Å². The Bertz CT molecular complexity index is 692. The van der Waals surface area contributed by atoms with Crippen LogP contribution in [0.5, 0.6) is 0 Å². The van der Waals surface area contributed by atoms with E-state index in [-0.39, 0.29) is 12.0 Å². The summed E-state index contributed by atoms with van der Waals surface area (Å²) in [6.45, 7) is 3.35. The summed E-state index contributed by atoms with van der Waals surface area (Å²) in [4.78, 5) is 28.5. The topological polar surface area (TPSA) is 76.1 Å².